The molecule has 3 heterocycles. The minimum absolute atomic E-state index is 0.599. The number of likely N-dealkylation sites (tertiary alicyclic amines) is 1. The molecule has 19 heavy (non-hydrogen) atoms. The quantitative estimate of drug-likeness (QED) is 0.816. The molecule has 0 aliphatic carbocycles. The number of rotatable bonds is 3. The summed E-state index contributed by atoms with van der Waals surface area (Å²) >= 11 is 13.1. The molecule has 0 N–H and O–H groups in total. The number of fused-ring (bicyclic) bond motifs is 1. The van der Waals surface area contributed by atoms with Gasteiger partial charge in [0.2, 0.25) is 4.96 Å². The highest BCUT2D eigenvalue weighted by Gasteiger charge is 2.18. The van der Waals surface area contributed by atoms with Crippen LogP contribution in [0.3, 0.4) is 0 Å². The van der Waals surface area contributed by atoms with E-state index < -0.39 is 4.84 Å². The molecule has 0 unspecified atom stereocenters. The van der Waals surface area contributed by atoms with Crippen LogP contribution < -0.4 is 0 Å². The van der Waals surface area contributed by atoms with Crippen molar-refractivity contribution in [2.75, 3.05) is 13.1 Å². The van der Waals surface area contributed by atoms with Crippen LogP contribution in [0, 0.1) is 0 Å². The Hall–Kier alpha value is -0.430. The topological polar surface area (TPSA) is 46.3 Å². The van der Waals surface area contributed by atoms with Gasteiger partial charge in [-0.05, 0) is 25.9 Å². The maximum absolute atomic E-state index is 5.84. The Labute approximate surface area is 125 Å². The van der Waals surface area contributed by atoms with Crippen molar-refractivity contribution in [1.82, 2.24) is 24.7 Å². The zero-order valence-corrected chi connectivity index (χ0v) is 12.8. The summed E-state index contributed by atoms with van der Waals surface area (Å²) in [4.78, 5) is 2.57. The third-order valence-electron chi connectivity index (χ3n) is 3.32. The van der Waals surface area contributed by atoms with Crippen molar-refractivity contribution in [3.8, 4) is 0 Å². The van der Waals surface area contributed by atoms with E-state index in [9.17, 15) is 0 Å². The van der Waals surface area contributed by atoms with Gasteiger partial charge in [0.1, 0.15) is 0 Å². The number of nitrogens with zero attached hydrogens (tertiary/aromatic N) is 5. The molecule has 1 saturated heterocycles. The summed E-state index contributed by atoms with van der Waals surface area (Å²) in [5, 5.41) is 13.4. The summed E-state index contributed by atoms with van der Waals surface area (Å²) in [5.41, 5.74) is 0. The van der Waals surface area contributed by atoms with Crippen molar-refractivity contribution in [1.29, 1.82) is 0 Å². The monoisotopic (exact) mass is 319 g/mol. The highest BCUT2D eigenvalue weighted by atomic mass is 35.5. The van der Waals surface area contributed by atoms with E-state index >= 15 is 0 Å². The van der Waals surface area contributed by atoms with E-state index in [-0.39, 0.29) is 0 Å². The van der Waals surface area contributed by atoms with Gasteiger partial charge in [-0.25, -0.2) is 0 Å². The highest BCUT2D eigenvalue weighted by molar-refractivity contribution is 7.17. The van der Waals surface area contributed by atoms with Crippen molar-refractivity contribution in [2.45, 2.75) is 37.1 Å². The molecular formula is C11H15Cl2N5S. The van der Waals surface area contributed by atoms with E-state index in [1.165, 1.54) is 37.0 Å². The Morgan fingerprint density at radius 3 is 2.53 bits per heavy atom. The number of hydrogen-bond acceptors (Lipinski definition) is 5. The van der Waals surface area contributed by atoms with Crippen LogP contribution in [-0.4, -0.2) is 37.8 Å². The van der Waals surface area contributed by atoms with Crippen molar-refractivity contribution in [3.63, 3.8) is 0 Å². The largest absolute Gasteiger partial charge is 0.296 e. The molecule has 0 bridgehead atoms. The van der Waals surface area contributed by atoms with E-state index in [4.69, 9.17) is 23.2 Å². The van der Waals surface area contributed by atoms with Crippen LogP contribution in [0.5, 0.6) is 0 Å². The first kappa shape index (κ1) is 13.5. The third-order valence-corrected chi connectivity index (χ3v) is 4.96. The molecule has 1 aliphatic heterocycles. The van der Waals surface area contributed by atoms with E-state index in [1.807, 2.05) is 0 Å². The normalized spacial score (nSPS) is 18.3. The molecule has 1 fully saturated rings. The second kappa shape index (κ2) is 5.91. The standard InChI is InChI=1S/C11H15Cl2N5S/c12-9(13)10-16-18-8(14-15-11(18)19-10)7-17-5-3-1-2-4-6-17/h9H,1-7H2. The lowest BCUT2D eigenvalue weighted by atomic mass is 10.2. The first-order valence-corrected chi connectivity index (χ1v) is 8.14. The Bertz CT molecular complexity index is 544. The van der Waals surface area contributed by atoms with Crippen LogP contribution in [0.1, 0.15) is 41.4 Å². The second-order valence-corrected chi connectivity index (χ2v) is 6.83. The maximum atomic E-state index is 5.84. The van der Waals surface area contributed by atoms with Gasteiger partial charge in [0.25, 0.3) is 0 Å². The molecule has 0 aromatic carbocycles. The molecular weight excluding hydrogens is 305 g/mol. The van der Waals surface area contributed by atoms with Crippen LogP contribution >= 0.6 is 34.5 Å². The zero-order chi connectivity index (χ0) is 13.2. The zero-order valence-electron chi connectivity index (χ0n) is 10.4. The Morgan fingerprint density at radius 2 is 1.84 bits per heavy atom. The summed E-state index contributed by atoms with van der Waals surface area (Å²) in [6.07, 6.45) is 5.17. The predicted molar refractivity (Wildman–Crippen MR) is 76.9 cm³/mol. The fraction of sp³-hybridized carbons (Fsp3) is 0.727. The first-order valence-electron chi connectivity index (χ1n) is 6.45. The van der Waals surface area contributed by atoms with Crippen LogP contribution in [0.25, 0.3) is 4.96 Å². The molecule has 1 aliphatic rings. The van der Waals surface area contributed by atoms with Gasteiger partial charge in [-0.3, -0.25) is 4.90 Å². The average molecular weight is 320 g/mol. The number of aromatic nitrogens is 4. The summed E-state index contributed by atoms with van der Waals surface area (Å²) in [6.45, 7) is 3.04. The molecule has 104 valence electrons. The lowest BCUT2D eigenvalue weighted by Gasteiger charge is -2.17. The fourth-order valence-corrected chi connectivity index (χ4v) is 3.42. The van der Waals surface area contributed by atoms with Gasteiger partial charge < -0.3 is 0 Å². The predicted octanol–water partition coefficient (Wildman–Crippen LogP) is 3.04. The molecule has 0 amide bonds. The van der Waals surface area contributed by atoms with Crippen molar-refractivity contribution < 1.29 is 0 Å². The first-order chi connectivity index (χ1) is 9.24. The molecule has 2 aromatic heterocycles. The third kappa shape index (κ3) is 3.02. The fourth-order valence-electron chi connectivity index (χ4n) is 2.35. The lowest BCUT2D eigenvalue weighted by Crippen LogP contribution is -2.25. The molecule has 0 atom stereocenters. The van der Waals surface area contributed by atoms with Crippen molar-refractivity contribution in [2.24, 2.45) is 0 Å². The Morgan fingerprint density at radius 1 is 1.11 bits per heavy atom. The molecule has 8 heteroatoms. The molecule has 0 radical (unpaired) electrons. The van der Waals surface area contributed by atoms with E-state index in [0.29, 0.717) is 5.01 Å². The van der Waals surface area contributed by atoms with Crippen molar-refractivity contribution in [3.05, 3.63) is 10.8 Å². The minimum Gasteiger partial charge on any atom is -0.296 e. The molecule has 0 saturated carbocycles. The van der Waals surface area contributed by atoms with Gasteiger partial charge in [-0.2, -0.15) is 9.61 Å². The summed E-state index contributed by atoms with van der Waals surface area (Å²) in [7, 11) is 0. The van der Waals surface area contributed by atoms with E-state index in [0.717, 1.165) is 30.4 Å². The van der Waals surface area contributed by atoms with Crippen LogP contribution in [0.4, 0.5) is 0 Å². The second-order valence-electron chi connectivity index (χ2n) is 4.74. The van der Waals surface area contributed by atoms with Crippen LogP contribution in [0.15, 0.2) is 0 Å². The summed E-state index contributed by atoms with van der Waals surface area (Å²) in [5.74, 6) is 0.869. The summed E-state index contributed by atoms with van der Waals surface area (Å²) in [6, 6.07) is 0. The maximum Gasteiger partial charge on any atom is 0.234 e. The average Bonchev–Trinajstić information content (AvgIpc) is 2.85. The molecule has 0 spiro atoms. The van der Waals surface area contributed by atoms with Gasteiger partial charge in [0, 0.05) is 0 Å². The van der Waals surface area contributed by atoms with Gasteiger partial charge >= 0.3 is 0 Å². The molecule has 5 nitrogen and oxygen atoms in total. The highest BCUT2D eigenvalue weighted by Crippen LogP contribution is 2.28. The smallest absolute Gasteiger partial charge is 0.234 e. The van der Waals surface area contributed by atoms with E-state index in [1.54, 1.807) is 4.52 Å². The SMILES string of the molecule is ClC(Cl)c1nn2c(CN3CCCCCC3)nnc2s1. The van der Waals surface area contributed by atoms with Crippen molar-refractivity contribution >= 4 is 39.5 Å². The van der Waals surface area contributed by atoms with E-state index in [2.05, 4.69) is 20.2 Å². The minimum atomic E-state index is -0.599. The van der Waals surface area contributed by atoms with Gasteiger partial charge in [-0.1, -0.05) is 47.4 Å². The molecule has 2 aromatic rings. The Kier molecular flexibility index (Phi) is 4.21. The summed E-state index contributed by atoms with van der Waals surface area (Å²) < 4.78 is 1.77. The van der Waals surface area contributed by atoms with Crippen LogP contribution in [-0.2, 0) is 6.54 Å². The van der Waals surface area contributed by atoms with Crippen LogP contribution in [0.2, 0.25) is 0 Å². The molecule has 3 rings (SSSR count). The van der Waals surface area contributed by atoms with Gasteiger partial charge in [-0.15, -0.1) is 10.2 Å². The number of hydrogen-bond donors (Lipinski definition) is 0. The number of alkyl halides is 2. The van der Waals surface area contributed by atoms with Gasteiger partial charge in [0.05, 0.1) is 6.54 Å². The lowest BCUT2D eigenvalue weighted by molar-refractivity contribution is 0.268. The van der Waals surface area contributed by atoms with Gasteiger partial charge in [0.15, 0.2) is 15.7 Å². The number of halogens is 2. The Balaban J connectivity index is 1.79.